The lowest BCUT2D eigenvalue weighted by Crippen LogP contribution is -1.90. The topological polar surface area (TPSA) is 43.1 Å². The minimum absolute atomic E-state index is 0.0602. The van der Waals surface area contributed by atoms with Crippen LogP contribution in [0, 0.1) is 23.1 Å². The van der Waals surface area contributed by atoms with E-state index in [0.29, 0.717) is 4.47 Å². The van der Waals surface area contributed by atoms with Crippen molar-refractivity contribution in [1.82, 2.24) is 0 Å². The van der Waals surface area contributed by atoms with Crippen LogP contribution in [0.15, 0.2) is 16.6 Å². The van der Waals surface area contributed by atoms with E-state index in [1.54, 1.807) is 13.0 Å². The first-order valence-electron chi connectivity index (χ1n) is 2.93. The second kappa shape index (κ2) is 3.00. The monoisotopic (exact) mass is 214 g/mol. The molecule has 0 spiro atoms. The number of hydrogen-bond acceptors (Lipinski definition) is 2. The summed E-state index contributed by atoms with van der Waals surface area (Å²) in [7, 11) is 0. The number of benzene rings is 1. The van der Waals surface area contributed by atoms with Gasteiger partial charge in [0.2, 0.25) is 0 Å². The molecule has 0 saturated carbocycles. The SMILES string of the molecule is Cc1c[c]cc([N+](=O)[O-])c1Br. The Kier molecular flexibility index (Phi) is 2.24. The highest BCUT2D eigenvalue weighted by atomic mass is 79.9. The molecule has 1 aromatic carbocycles. The Balaban J connectivity index is 3.27. The fraction of sp³-hybridized carbons (Fsp3) is 0.143. The van der Waals surface area contributed by atoms with Crippen LogP contribution in [0.4, 0.5) is 5.69 Å². The Labute approximate surface area is 72.3 Å². The summed E-state index contributed by atoms with van der Waals surface area (Å²) >= 11 is 3.12. The van der Waals surface area contributed by atoms with Gasteiger partial charge < -0.3 is 0 Å². The van der Waals surface area contributed by atoms with Gasteiger partial charge in [-0.15, -0.1) is 0 Å². The summed E-state index contributed by atoms with van der Waals surface area (Å²) in [6.07, 6.45) is 0. The molecule has 1 rings (SSSR count). The van der Waals surface area contributed by atoms with Crippen molar-refractivity contribution in [2.75, 3.05) is 0 Å². The smallest absolute Gasteiger partial charge is 0.258 e. The van der Waals surface area contributed by atoms with Gasteiger partial charge in [-0.3, -0.25) is 10.1 Å². The van der Waals surface area contributed by atoms with E-state index < -0.39 is 4.92 Å². The van der Waals surface area contributed by atoms with E-state index in [-0.39, 0.29) is 5.69 Å². The van der Waals surface area contributed by atoms with E-state index in [1.165, 1.54) is 6.07 Å². The van der Waals surface area contributed by atoms with Crippen LogP contribution in [0.3, 0.4) is 0 Å². The van der Waals surface area contributed by atoms with Gasteiger partial charge >= 0.3 is 0 Å². The Hall–Kier alpha value is -0.900. The zero-order valence-electron chi connectivity index (χ0n) is 5.80. The highest BCUT2D eigenvalue weighted by Crippen LogP contribution is 2.26. The van der Waals surface area contributed by atoms with E-state index in [0.717, 1.165) is 5.56 Å². The van der Waals surface area contributed by atoms with Gasteiger partial charge in [0.25, 0.3) is 5.69 Å². The number of halogens is 1. The molecular weight excluding hydrogens is 210 g/mol. The summed E-state index contributed by atoms with van der Waals surface area (Å²) in [5, 5.41) is 10.3. The summed E-state index contributed by atoms with van der Waals surface area (Å²) in [6.45, 7) is 1.79. The first kappa shape index (κ1) is 8.20. The predicted octanol–water partition coefficient (Wildman–Crippen LogP) is 2.47. The predicted molar refractivity (Wildman–Crippen MR) is 44.4 cm³/mol. The molecule has 11 heavy (non-hydrogen) atoms. The molecule has 0 aromatic heterocycles. The maximum atomic E-state index is 10.3. The van der Waals surface area contributed by atoms with Crippen molar-refractivity contribution in [3.63, 3.8) is 0 Å². The minimum atomic E-state index is -0.437. The first-order valence-corrected chi connectivity index (χ1v) is 3.73. The molecule has 0 aliphatic heterocycles. The van der Waals surface area contributed by atoms with Crippen molar-refractivity contribution in [2.24, 2.45) is 0 Å². The van der Waals surface area contributed by atoms with E-state index in [2.05, 4.69) is 22.0 Å². The number of nitro benzene ring substituents is 1. The molecule has 0 amide bonds. The average molecular weight is 215 g/mol. The Morgan fingerprint density at radius 1 is 1.64 bits per heavy atom. The largest absolute Gasteiger partial charge is 0.284 e. The van der Waals surface area contributed by atoms with E-state index >= 15 is 0 Å². The maximum Gasteiger partial charge on any atom is 0.284 e. The molecule has 0 aliphatic rings. The third-order valence-electron chi connectivity index (χ3n) is 1.29. The molecule has 0 unspecified atom stereocenters. The Morgan fingerprint density at radius 3 is 2.73 bits per heavy atom. The van der Waals surface area contributed by atoms with Gasteiger partial charge in [-0.1, -0.05) is 0 Å². The molecule has 57 valence electrons. The van der Waals surface area contributed by atoms with Crippen molar-refractivity contribution in [2.45, 2.75) is 6.92 Å². The number of nitro groups is 1. The zero-order valence-corrected chi connectivity index (χ0v) is 7.38. The molecular formula is C7H5BrNO2. The molecule has 3 nitrogen and oxygen atoms in total. The quantitative estimate of drug-likeness (QED) is 0.533. The highest BCUT2D eigenvalue weighted by molar-refractivity contribution is 9.10. The molecule has 4 heteroatoms. The summed E-state index contributed by atoms with van der Waals surface area (Å²) in [5.74, 6) is 0. The van der Waals surface area contributed by atoms with Crippen LogP contribution in [0.2, 0.25) is 0 Å². The van der Waals surface area contributed by atoms with Crippen molar-refractivity contribution >= 4 is 21.6 Å². The normalized spacial score (nSPS) is 9.64. The second-order valence-corrected chi connectivity index (χ2v) is 2.89. The van der Waals surface area contributed by atoms with Crippen LogP contribution in [-0.4, -0.2) is 4.92 Å². The summed E-state index contributed by atoms with van der Waals surface area (Å²) < 4.78 is 0.529. The van der Waals surface area contributed by atoms with Gasteiger partial charge in [-0.2, -0.15) is 0 Å². The highest BCUT2D eigenvalue weighted by Gasteiger charge is 2.11. The lowest BCUT2D eigenvalue weighted by atomic mass is 10.2. The molecule has 1 radical (unpaired) electrons. The van der Waals surface area contributed by atoms with Crippen LogP contribution in [0.25, 0.3) is 0 Å². The second-order valence-electron chi connectivity index (χ2n) is 2.09. The van der Waals surface area contributed by atoms with E-state index in [4.69, 9.17) is 0 Å². The molecule has 0 N–H and O–H groups in total. The van der Waals surface area contributed by atoms with Crippen molar-refractivity contribution in [3.8, 4) is 0 Å². The average Bonchev–Trinajstić information content (AvgIpc) is 1.94. The van der Waals surface area contributed by atoms with Gasteiger partial charge in [0.1, 0.15) is 0 Å². The van der Waals surface area contributed by atoms with E-state index in [9.17, 15) is 10.1 Å². The molecule has 0 aliphatic carbocycles. The van der Waals surface area contributed by atoms with Crippen molar-refractivity contribution < 1.29 is 4.92 Å². The van der Waals surface area contributed by atoms with Crippen LogP contribution in [0.5, 0.6) is 0 Å². The van der Waals surface area contributed by atoms with Crippen LogP contribution >= 0.6 is 15.9 Å². The van der Waals surface area contributed by atoms with Gasteiger partial charge in [0.15, 0.2) is 0 Å². The van der Waals surface area contributed by atoms with Gasteiger partial charge in [0, 0.05) is 6.07 Å². The third kappa shape index (κ3) is 1.57. The summed E-state index contributed by atoms with van der Waals surface area (Å²) in [5.41, 5.74) is 0.879. The molecule has 0 bridgehead atoms. The number of nitrogens with zero attached hydrogens (tertiary/aromatic N) is 1. The fourth-order valence-electron chi connectivity index (χ4n) is 0.707. The molecule has 0 fully saturated rings. The summed E-state index contributed by atoms with van der Waals surface area (Å²) in [6, 6.07) is 5.72. The molecule has 0 heterocycles. The maximum absolute atomic E-state index is 10.3. The number of hydrogen-bond donors (Lipinski definition) is 0. The van der Waals surface area contributed by atoms with Gasteiger partial charge in [-0.25, -0.2) is 0 Å². The first-order chi connectivity index (χ1) is 5.13. The number of aryl methyl sites for hydroxylation is 1. The fourth-order valence-corrected chi connectivity index (χ4v) is 1.08. The standard InChI is InChI=1S/C7H5BrNO2/c1-5-3-2-4-6(7(5)8)9(10)11/h3-4H,1H3. The van der Waals surface area contributed by atoms with Crippen LogP contribution in [0.1, 0.15) is 5.56 Å². The molecule has 1 aromatic rings. The van der Waals surface area contributed by atoms with Crippen LogP contribution in [-0.2, 0) is 0 Å². The Bertz CT molecular complexity index is 298. The summed E-state index contributed by atoms with van der Waals surface area (Å²) in [4.78, 5) is 9.89. The lowest BCUT2D eigenvalue weighted by molar-refractivity contribution is -0.385. The molecule has 0 saturated heterocycles. The molecule has 0 atom stereocenters. The Morgan fingerprint density at radius 2 is 2.27 bits per heavy atom. The van der Waals surface area contributed by atoms with E-state index in [1.807, 2.05) is 0 Å². The van der Waals surface area contributed by atoms with Gasteiger partial charge in [0.05, 0.1) is 9.40 Å². The van der Waals surface area contributed by atoms with Crippen LogP contribution < -0.4 is 0 Å². The number of rotatable bonds is 1. The third-order valence-corrected chi connectivity index (χ3v) is 2.32. The van der Waals surface area contributed by atoms with Crippen molar-refractivity contribution in [1.29, 1.82) is 0 Å². The van der Waals surface area contributed by atoms with Gasteiger partial charge in [-0.05, 0) is 40.5 Å². The van der Waals surface area contributed by atoms with Crippen molar-refractivity contribution in [3.05, 3.63) is 38.3 Å². The minimum Gasteiger partial charge on any atom is -0.258 e. The lowest BCUT2D eigenvalue weighted by Gasteiger charge is -1.96. The zero-order chi connectivity index (χ0) is 8.43.